The molecule has 0 amide bonds. The molecule has 1 aliphatic heterocycles. The lowest BCUT2D eigenvalue weighted by molar-refractivity contribution is -0.0298. The quantitative estimate of drug-likeness (QED) is 0.842. The first-order chi connectivity index (χ1) is 9.93. The van der Waals surface area contributed by atoms with Crippen LogP contribution in [0.3, 0.4) is 0 Å². The minimum atomic E-state index is 0.0973. The van der Waals surface area contributed by atoms with Gasteiger partial charge in [-0.2, -0.15) is 0 Å². The molecule has 1 atom stereocenters. The maximum atomic E-state index is 5.86. The Kier molecular flexibility index (Phi) is 3.14. The van der Waals surface area contributed by atoms with Gasteiger partial charge in [0.25, 0.3) is 0 Å². The summed E-state index contributed by atoms with van der Waals surface area (Å²) < 4.78 is 7.95. The standard InChI is InChI=1S/C15H20N4O/c1-2-6-11(5-1)13-14-15(17-9-16-13)19(10-18-14)12-7-3-4-8-20-12/h9-12H,1-8H2. The molecule has 1 aliphatic carbocycles. The molecule has 5 heteroatoms. The number of fused-ring (bicyclic) bond motifs is 1. The van der Waals surface area contributed by atoms with E-state index in [-0.39, 0.29) is 6.23 Å². The average Bonchev–Trinajstić information content (AvgIpc) is 3.17. The van der Waals surface area contributed by atoms with Crippen molar-refractivity contribution in [3.63, 3.8) is 0 Å². The SMILES string of the molecule is c1nc(C2CCCC2)c2ncn(C3CCCCO3)c2n1. The van der Waals surface area contributed by atoms with Gasteiger partial charge >= 0.3 is 0 Å². The predicted octanol–water partition coefficient (Wildman–Crippen LogP) is 3.18. The first kappa shape index (κ1) is 12.3. The molecule has 5 nitrogen and oxygen atoms in total. The molecule has 0 spiro atoms. The monoisotopic (exact) mass is 272 g/mol. The van der Waals surface area contributed by atoms with Crippen LogP contribution in [0, 0.1) is 0 Å². The summed E-state index contributed by atoms with van der Waals surface area (Å²) >= 11 is 0. The summed E-state index contributed by atoms with van der Waals surface area (Å²) in [4.78, 5) is 13.6. The van der Waals surface area contributed by atoms with E-state index in [0.29, 0.717) is 5.92 Å². The van der Waals surface area contributed by atoms with Crippen LogP contribution in [0.25, 0.3) is 11.2 Å². The molecule has 2 fully saturated rings. The number of ether oxygens (including phenoxy) is 1. The van der Waals surface area contributed by atoms with Crippen molar-refractivity contribution >= 4 is 11.2 Å². The molecule has 3 heterocycles. The van der Waals surface area contributed by atoms with Crippen LogP contribution in [0.4, 0.5) is 0 Å². The molecule has 0 N–H and O–H groups in total. The van der Waals surface area contributed by atoms with E-state index >= 15 is 0 Å². The summed E-state index contributed by atoms with van der Waals surface area (Å²) in [6.45, 7) is 0.838. The van der Waals surface area contributed by atoms with Gasteiger partial charge in [-0.1, -0.05) is 12.8 Å². The van der Waals surface area contributed by atoms with Crippen LogP contribution in [0.5, 0.6) is 0 Å². The van der Waals surface area contributed by atoms with E-state index in [2.05, 4.69) is 19.5 Å². The van der Waals surface area contributed by atoms with Crippen molar-refractivity contribution in [1.29, 1.82) is 0 Å². The van der Waals surface area contributed by atoms with Gasteiger partial charge < -0.3 is 4.74 Å². The Bertz CT molecular complexity index is 597. The maximum Gasteiger partial charge on any atom is 0.165 e. The number of hydrogen-bond acceptors (Lipinski definition) is 4. The van der Waals surface area contributed by atoms with Crippen LogP contribution in [0.2, 0.25) is 0 Å². The Morgan fingerprint density at radius 3 is 2.65 bits per heavy atom. The summed E-state index contributed by atoms with van der Waals surface area (Å²) in [6, 6.07) is 0. The van der Waals surface area contributed by atoms with Gasteiger partial charge in [-0.3, -0.25) is 4.57 Å². The zero-order valence-electron chi connectivity index (χ0n) is 11.7. The largest absolute Gasteiger partial charge is 0.358 e. The molecule has 0 radical (unpaired) electrons. The maximum absolute atomic E-state index is 5.86. The second-order valence-corrected chi connectivity index (χ2v) is 5.89. The number of aromatic nitrogens is 4. The number of rotatable bonds is 2. The predicted molar refractivity (Wildman–Crippen MR) is 75.4 cm³/mol. The topological polar surface area (TPSA) is 52.8 Å². The summed E-state index contributed by atoms with van der Waals surface area (Å²) in [5.74, 6) is 0.566. The summed E-state index contributed by atoms with van der Waals surface area (Å²) in [7, 11) is 0. The molecule has 2 aliphatic rings. The van der Waals surface area contributed by atoms with Gasteiger partial charge in [0.1, 0.15) is 18.1 Å². The summed E-state index contributed by atoms with van der Waals surface area (Å²) in [5, 5.41) is 0. The first-order valence-corrected chi connectivity index (χ1v) is 7.72. The average molecular weight is 272 g/mol. The molecule has 1 saturated carbocycles. The fraction of sp³-hybridized carbons (Fsp3) is 0.667. The molecule has 2 aromatic heterocycles. The minimum absolute atomic E-state index is 0.0973. The van der Waals surface area contributed by atoms with Crippen molar-refractivity contribution < 1.29 is 4.74 Å². The fourth-order valence-corrected chi connectivity index (χ4v) is 3.52. The van der Waals surface area contributed by atoms with Crippen LogP contribution in [0.15, 0.2) is 12.7 Å². The first-order valence-electron chi connectivity index (χ1n) is 7.72. The van der Waals surface area contributed by atoms with E-state index in [4.69, 9.17) is 4.74 Å². The number of nitrogens with zero attached hydrogens (tertiary/aromatic N) is 4. The van der Waals surface area contributed by atoms with E-state index in [1.54, 1.807) is 6.33 Å². The van der Waals surface area contributed by atoms with Gasteiger partial charge in [0.05, 0.1) is 12.0 Å². The van der Waals surface area contributed by atoms with Crippen LogP contribution in [0.1, 0.15) is 62.8 Å². The highest BCUT2D eigenvalue weighted by atomic mass is 16.5. The van der Waals surface area contributed by atoms with Gasteiger partial charge in [-0.05, 0) is 32.1 Å². The van der Waals surface area contributed by atoms with Gasteiger partial charge in [-0.25, -0.2) is 15.0 Å². The Balaban J connectivity index is 1.75. The van der Waals surface area contributed by atoms with Crippen molar-refractivity contribution in [1.82, 2.24) is 19.5 Å². The smallest absolute Gasteiger partial charge is 0.165 e. The van der Waals surface area contributed by atoms with E-state index < -0.39 is 0 Å². The summed E-state index contributed by atoms with van der Waals surface area (Å²) in [5.41, 5.74) is 3.06. The zero-order chi connectivity index (χ0) is 13.4. The van der Waals surface area contributed by atoms with Crippen molar-refractivity contribution in [2.75, 3.05) is 6.61 Å². The lowest BCUT2D eigenvalue weighted by Crippen LogP contribution is -2.17. The van der Waals surface area contributed by atoms with Crippen molar-refractivity contribution in [3.05, 3.63) is 18.3 Å². The molecule has 20 heavy (non-hydrogen) atoms. The molecular formula is C15H20N4O. The molecule has 106 valence electrons. The lowest BCUT2D eigenvalue weighted by Gasteiger charge is -2.23. The third-order valence-corrected chi connectivity index (χ3v) is 4.59. The Morgan fingerprint density at radius 2 is 1.85 bits per heavy atom. The third kappa shape index (κ3) is 2.00. The van der Waals surface area contributed by atoms with Crippen LogP contribution in [-0.2, 0) is 4.74 Å². The molecule has 0 bridgehead atoms. The van der Waals surface area contributed by atoms with Gasteiger partial charge in [0.15, 0.2) is 5.65 Å². The fourth-order valence-electron chi connectivity index (χ4n) is 3.52. The Hall–Kier alpha value is -1.49. The van der Waals surface area contributed by atoms with Crippen molar-refractivity contribution in [2.24, 2.45) is 0 Å². The summed E-state index contributed by atoms with van der Waals surface area (Å²) in [6.07, 6.45) is 12.2. The van der Waals surface area contributed by atoms with Crippen LogP contribution in [-0.4, -0.2) is 26.1 Å². The van der Waals surface area contributed by atoms with E-state index in [0.717, 1.165) is 36.3 Å². The number of hydrogen-bond donors (Lipinski definition) is 0. The number of imidazole rings is 1. The van der Waals surface area contributed by atoms with Crippen LogP contribution < -0.4 is 0 Å². The second-order valence-electron chi connectivity index (χ2n) is 5.89. The molecule has 0 aromatic carbocycles. The van der Waals surface area contributed by atoms with E-state index in [1.165, 1.54) is 32.1 Å². The van der Waals surface area contributed by atoms with Gasteiger partial charge in [0, 0.05) is 12.5 Å². The minimum Gasteiger partial charge on any atom is -0.358 e. The van der Waals surface area contributed by atoms with Gasteiger partial charge in [-0.15, -0.1) is 0 Å². The highest BCUT2D eigenvalue weighted by Gasteiger charge is 2.24. The second kappa shape index (κ2) is 5.13. The Morgan fingerprint density at radius 1 is 1.00 bits per heavy atom. The lowest BCUT2D eigenvalue weighted by atomic mass is 10.0. The highest BCUT2D eigenvalue weighted by Crippen LogP contribution is 2.36. The van der Waals surface area contributed by atoms with Crippen molar-refractivity contribution in [2.45, 2.75) is 57.1 Å². The zero-order valence-corrected chi connectivity index (χ0v) is 11.7. The normalized spacial score (nSPS) is 24.5. The van der Waals surface area contributed by atoms with Crippen molar-refractivity contribution in [3.8, 4) is 0 Å². The molecule has 1 unspecified atom stereocenters. The molecule has 1 saturated heterocycles. The Labute approximate surface area is 118 Å². The van der Waals surface area contributed by atoms with E-state index in [1.807, 2.05) is 6.33 Å². The van der Waals surface area contributed by atoms with E-state index in [9.17, 15) is 0 Å². The molecular weight excluding hydrogens is 252 g/mol. The highest BCUT2D eigenvalue weighted by molar-refractivity contribution is 5.73. The third-order valence-electron chi connectivity index (χ3n) is 4.59. The molecule has 4 rings (SSSR count). The van der Waals surface area contributed by atoms with Gasteiger partial charge in [0.2, 0.25) is 0 Å². The molecule has 2 aromatic rings. The van der Waals surface area contributed by atoms with Crippen LogP contribution >= 0.6 is 0 Å².